The third-order valence-corrected chi connectivity index (χ3v) is 4.44. The largest absolute Gasteiger partial charge is 0.366 e. The Balaban J connectivity index is 2.08. The quantitative estimate of drug-likeness (QED) is 0.436. The van der Waals surface area contributed by atoms with E-state index in [1.165, 1.54) is 30.3 Å². The molecule has 2 amide bonds. The fraction of sp³-hybridized carbons (Fsp3) is 0.0667. The van der Waals surface area contributed by atoms with Crippen molar-refractivity contribution in [2.75, 3.05) is 11.1 Å². The Labute approximate surface area is 156 Å². The van der Waals surface area contributed by atoms with Crippen LogP contribution in [0, 0.1) is 10.1 Å². The standard InChI is InChI=1S/C15H11Cl2N3O4S/c16-9-4-10(17)6-11(5-9)19-14(21)7-25-13-2-1-8(15(18)22)3-12(13)20(23)24/h1-6H,7H2,(H2,18,22)(H,19,21). The van der Waals surface area contributed by atoms with E-state index in [0.717, 1.165) is 17.8 Å². The Kier molecular flexibility index (Phi) is 6.24. The summed E-state index contributed by atoms with van der Waals surface area (Å²) in [7, 11) is 0. The van der Waals surface area contributed by atoms with Gasteiger partial charge in [-0.1, -0.05) is 23.2 Å². The number of amides is 2. The number of carbonyl (C=O) groups is 2. The van der Waals surface area contributed by atoms with Gasteiger partial charge in [0, 0.05) is 27.4 Å². The maximum Gasteiger partial charge on any atom is 0.283 e. The lowest BCUT2D eigenvalue weighted by Crippen LogP contribution is -2.14. The highest BCUT2D eigenvalue weighted by molar-refractivity contribution is 8.00. The Morgan fingerprint density at radius 3 is 2.36 bits per heavy atom. The molecule has 0 aliphatic rings. The first-order valence-corrected chi connectivity index (χ1v) is 8.47. The van der Waals surface area contributed by atoms with Crippen molar-refractivity contribution in [3.63, 3.8) is 0 Å². The van der Waals surface area contributed by atoms with E-state index in [9.17, 15) is 19.7 Å². The van der Waals surface area contributed by atoms with Crippen LogP contribution >= 0.6 is 35.0 Å². The number of nitrogens with zero attached hydrogens (tertiary/aromatic N) is 1. The normalized spacial score (nSPS) is 10.3. The summed E-state index contributed by atoms with van der Waals surface area (Å²) in [6, 6.07) is 8.41. The minimum absolute atomic E-state index is 0.0223. The van der Waals surface area contributed by atoms with Crippen molar-refractivity contribution in [3.8, 4) is 0 Å². The first-order valence-electron chi connectivity index (χ1n) is 6.73. The van der Waals surface area contributed by atoms with Gasteiger partial charge >= 0.3 is 0 Å². The molecule has 0 spiro atoms. The number of anilines is 1. The highest BCUT2D eigenvalue weighted by atomic mass is 35.5. The first-order chi connectivity index (χ1) is 11.8. The minimum atomic E-state index is -0.768. The second kappa shape index (κ2) is 8.19. The van der Waals surface area contributed by atoms with Gasteiger partial charge in [-0.3, -0.25) is 19.7 Å². The van der Waals surface area contributed by atoms with Gasteiger partial charge in [-0.25, -0.2) is 0 Å². The summed E-state index contributed by atoms with van der Waals surface area (Å²) in [5.41, 5.74) is 5.26. The van der Waals surface area contributed by atoms with Gasteiger partial charge in [0.25, 0.3) is 5.69 Å². The second-order valence-corrected chi connectivity index (χ2v) is 6.69. The predicted molar refractivity (Wildman–Crippen MR) is 97.4 cm³/mol. The lowest BCUT2D eigenvalue weighted by Gasteiger charge is -2.07. The third-order valence-electron chi connectivity index (χ3n) is 2.95. The fourth-order valence-corrected chi connectivity index (χ4v) is 3.23. The molecule has 0 unspecified atom stereocenters. The molecule has 0 radical (unpaired) electrons. The number of nitro groups is 1. The summed E-state index contributed by atoms with van der Waals surface area (Å²) >= 11 is 12.7. The number of rotatable bonds is 6. The van der Waals surface area contributed by atoms with Crippen molar-refractivity contribution < 1.29 is 14.5 Å². The van der Waals surface area contributed by atoms with Crippen LogP contribution in [0.15, 0.2) is 41.3 Å². The molecule has 0 atom stereocenters. The third kappa shape index (κ3) is 5.35. The maximum absolute atomic E-state index is 12.0. The molecule has 0 heterocycles. The lowest BCUT2D eigenvalue weighted by molar-refractivity contribution is -0.387. The molecule has 10 heteroatoms. The van der Waals surface area contributed by atoms with Crippen LogP contribution in [0.2, 0.25) is 10.0 Å². The van der Waals surface area contributed by atoms with Gasteiger partial charge in [0.1, 0.15) is 0 Å². The van der Waals surface area contributed by atoms with E-state index >= 15 is 0 Å². The number of nitro benzene ring substituents is 1. The number of carbonyl (C=O) groups excluding carboxylic acids is 2. The molecule has 7 nitrogen and oxygen atoms in total. The average Bonchev–Trinajstić information content (AvgIpc) is 2.51. The molecule has 0 aliphatic carbocycles. The predicted octanol–water partition coefficient (Wildman–Crippen LogP) is 3.73. The molecule has 25 heavy (non-hydrogen) atoms. The minimum Gasteiger partial charge on any atom is -0.366 e. The molecule has 2 rings (SSSR count). The van der Waals surface area contributed by atoms with Crippen LogP contribution in [-0.2, 0) is 4.79 Å². The van der Waals surface area contributed by atoms with E-state index in [1.54, 1.807) is 0 Å². The Hall–Kier alpha value is -2.29. The van der Waals surface area contributed by atoms with Crippen LogP contribution in [0.3, 0.4) is 0 Å². The van der Waals surface area contributed by atoms with Crippen molar-refractivity contribution in [2.45, 2.75) is 4.90 Å². The Bertz CT molecular complexity index is 840. The van der Waals surface area contributed by atoms with Gasteiger partial charge < -0.3 is 11.1 Å². The summed E-state index contributed by atoms with van der Waals surface area (Å²) in [6.07, 6.45) is 0. The molecule has 0 bridgehead atoms. The topological polar surface area (TPSA) is 115 Å². The smallest absolute Gasteiger partial charge is 0.283 e. The molecule has 0 aliphatic heterocycles. The van der Waals surface area contributed by atoms with Gasteiger partial charge in [0.2, 0.25) is 11.8 Å². The number of thioether (sulfide) groups is 1. The maximum atomic E-state index is 12.0. The summed E-state index contributed by atoms with van der Waals surface area (Å²) < 4.78 is 0. The molecule has 2 aromatic carbocycles. The molecule has 130 valence electrons. The van der Waals surface area contributed by atoms with E-state index in [0.29, 0.717) is 15.7 Å². The molecule has 0 saturated heterocycles. The molecule has 3 N–H and O–H groups in total. The molecule has 0 saturated carbocycles. The molecular weight excluding hydrogens is 389 g/mol. The number of nitrogens with two attached hydrogens (primary N) is 1. The first kappa shape index (κ1) is 19.0. The van der Waals surface area contributed by atoms with Gasteiger partial charge in [-0.2, -0.15) is 0 Å². The van der Waals surface area contributed by atoms with Gasteiger partial charge in [-0.15, -0.1) is 11.8 Å². The van der Waals surface area contributed by atoms with Gasteiger partial charge in [-0.05, 0) is 30.3 Å². The fourth-order valence-electron chi connectivity index (χ4n) is 1.90. The summed E-state index contributed by atoms with van der Waals surface area (Å²) in [5.74, 6) is -1.24. The highest BCUT2D eigenvalue weighted by Crippen LogP contribution is 2.30. The molecule has 2 aromatic rings. The second-order valence-electron chi connectivity index (χ2n) is 4.80. The summed E-state index contributed by atoms with van der Waals surface area (Å²) in [5, 5.41) is 14.5. The van der Waals surface area contributed by atoms with E-state index in [-0.39, 0.29) is 21.9 Å². The van der Waals surface area contributed by atoms with Crippen molar-refractivity contribution in [2.24, 2.45) is 5.73 Å². The Morgan fingerprint density at radius 2 is 1.80 bits per heavy atom. The van der Waals surface area contributed by atoms with Crippen LogP contribution in [0.25, 0.3) is 0 Å². The number of primary amides is 1. The van der Waals surface area contributed by atoms with Crippen molar-refractivity contribution >= 4 is 58.2 Å². The van der Waals surface area contributed by atoms with Gasteiger partial charge in [0.05, 0.1) is 15.6 Å². The van der Waals surface area contributed by atoms with Crippen molar-refractivity contribution in [3.05, 3.63) is 62.1 Å². The van der Waals surface area contributed by atoms with Crippen molar-refractivity contribution in [1.82, 2.24) is 0 Å². The molecular formula is C15H11Cl2N3O4S. The highest BCUT2D eigenvalue weighted by Gasteiger charge is 2.18. The zero-order valence-corrected chi connectivity index (χ0v) is 14.8. The van der Waals surface area contributed by atoms with E-state index in [2.05, 4.69) is 5.32 Å². The van der Waals surface area contributed by atoms with Crippen molar-refractivity contribution in [1.29, 1.82) is 0 Å². The van der Waals surface area contributed by atoms with Crippen LogP contribution in [-0.4, -0.2) is 22.5 Å². The number of hydrogen-bond donors (Lipinski definition) is 2. The molecule has 0 fully saturated rings. The zero-order chi connectivity index (χ0) is 18.6. The van der Waals surface area contributed by atoms with E-state index in [4.69, 9.17) is 28.9 Å². The summed E-state index contributed by atoms with van der Waals surface area (Å²) in [4.78, 5) is 33.8. The molecule has 0 aromatic heterocycles. The van der Waals surface area contributed by atoms with Crippen LogP contribution in [0.1, 0.15) is 10.4 Å². The summed E-state index contributed by atoms with van der Waals surface area (Å²) in [6.45, 7) is 0. The lowest BCUT2D eigenvalue weighted by atomic mass is 10.2. The number of hydrogen-bond acceptors (Lipinski definition) is 5. The van der Waals surface area contributed by atoms with Crippen LogP contribution < -0.4 is 11.1 Å². The number of nitrogens with one attached hydrogen (secondary N) is 1. The van der Waals surface area contributed by atoms with Crippen LogP contribution in [0.4, 0.5) is 11.4 Å². The number of halogens is 2. The van der Waals surface area contributed by atoms with E-state index < -0.39 is 16.7 Å². The van der Waals surface area contributed by atoms with E-state index in [1.807, 2.05) is 0 Å². The number of benzene rings is 2. The SMILES string of the molecule is NC(=O)c1ccc(SCC(=O)Nc2cc(Cl)cc(Cl)c2)c([N+](=O)[O-])c1. The van der Waals surface area contributed by atoms with Gasteiger partial charge in [0.15, 0.2) is 0 Å². The Morgan fingerprint density at radius 1 is 1.16 bits per heavy atom. The zero-order valence-electron chi connectivity index (χ0n) is 12.5. The van der Waals surface area contributed by atoms with Crippen LogP contribution in [0.5, 0.6) is 0 Å². The monoisotopic (exact) mass is 399 g/mol. The average molecular weight is 400 g/mol.